The first kappa shape index (κ1) is 19.8. The Labute approximate surface area is 152 Å². The van der Waals surface area contributed by atoms with Crippen molar-refractivity contribution in [1.29, 1.82) is 0 Å². The van der Waals surface area contributed by atoms with Gasteiger partial charge in [0.05, 0.1) is 5.69 Å². The third-order valence-electron chi connectivity index (χ3n) is 4.68. The molecule has 0 atom stereocenters. The second kappa shape index (κ2) is 11.1. The number of guanidine groups is 1. The average molecular weight is 350 g/mol. The number of aryl methyl sites for hydroxylation is 2. The van der Waals surface area contributed by atoms with Crippen molar-refractivity contribution in [2.45, 2.75) is 65.8 Å². The molecule has 0 aliphatic carbocycles. The molecular weight excluding hydrogens is 314 g/mol. The normalized spacial score (nSPS) is 16.2. The van der Waals surface area contributed by atoms with Crippen LogP contribution in [0.15, 0.2) is 9.41 Å². The van der Waals surface area contributed by atoms with Crippen LogP contribution in [0.3, 0.4) is 0 Å². The highest BCUT2D eigenvalue weighted by Crippen LogP contribution is 2.10. The standard InChI is InChI=1S/C19H35N5O/c1-4-20-19(22-15-18-23-16(2)17(3)25-18)21-11-7-5-8-12-24-13-9-6-10-14-24/h4-15H2,1-3H3,(H2,20,21,22). The molecule has 0 unspecified atom stereocenters. The molecule has 25 heavy (non-hydrogen) atoms. The highest BCUT2D eigenvalue weighted by molar-refractivity contribution is 5.79. The zero-order valence-corrected chi connectivity index (χ0v) is 16.2. The van der Waals surface area contributed by atoms with Crippen molar-refractivity contribution in [3.63, 3.8) is 0 Å². The summed E-state index contributed by atoms with van der Waals surface area (Å²) in [5.41, 5.74) is 0.942. The van der Waals surface area contributed by atoms with E-state index in [9.17, 15) is 0 Å². The Bertz CT molecular complexity index is 500. The van der Waals surface area contributed by atoms with Crippen LogP contribution in [0.5, 0.6) is 0 Å². The van der Waals surface area contributed by atoms with Crippen LogP contribution in [-0.4, -0.2) is 48.6 Å². The highest BCUT2D eigenvalue weighted by Gasteiger charge is 2.09. The number of hydrogen-bond donors (Lipinski definition) is 2. The van der Waals surface area contributed by atoms with Crippen molar-refractivity contribution in [3.05, 3.63) is 17.3 Å². The van der Waals surface area contributed by atoms with Gasteiger partial charge in [-0.15, -0.1) is 0 Å². The molecule has 2 rings (SSSR count). The molecule has 0 bridgehead atoms. The number of unbranched alkanes of at least 4 members (excludes halogenated alkanes) is 2. The van der Waals surface area contributed by atoms with Gasteiger partial charge in [0.2, 0.25) is 5.89 Å². The second-order valence-corrected chi connectivity index (χ2v) is 6.83. The first-order chi connectivity index (χ1) is 12.2. The Morgan fingerprint density at radius 3 is 2.60 bits per heavy atom. The number of oxazole rings is 1. The molecule has 6 nitrogen and oxygen atoms in total. The molecule has 1 aromatic heterocycles. The average Bonchev–Trinajstić information content (AvgIpc) is 2.94. The fourth-order valence-corrected chi connectivity index (χ4v) is 3.12. The summed E-state index contributed by atoms with van der Waals surface area (Å²) < 4.78 is 5.58. The Morgan fingerprint density at radius 2 is 1.92 bits per heavy atom. The van der Waals surface area contributed by atoms with E-state index in [1.807, 2.05) is 13.8 Å². The summed E-state index contributed by atoms with van der Waals surface area (Å²) in [6, 6.07) is 0. The van der Waals surface area contributed by atoms with Crippen LogP contribution in [0.4, 0.5) is 0 Å². The van der Waals surface area contributed by atoms with Crippen molar-refractivity contribution in [3.8, 4) is 0 Å². The number of aliphatic imine (C=N–C) groups is 1. The van der Waals surface area contributed by atoms with Gasteiger partial charge in [0, 0.05) is 13.1 Å². The maximum absolute atomic E-state index is 5.58. The summed E-state index contributed by atoms with van der Waals surface area (Å²) in [7, 11) is 0. The van der Waals surface area contributed by atoms with Crippen molar-refractivity contribution in [1.82, 2.24) is 20.5 Å². The van der Waals surface area contributed by atoms with Gasteiger partial charge in [-0.2, -0.15) is 0 Å². The summed E-state index contributed by atoms with van der Waals surface area (Å²) in [6.07, 6.45) is 7.92. The van der Waals surface area contributed by atoms with Crippen molar-refractivity contribution in [2.24, 2.45) is 4.99 Å². The van der Waals surface area contributed by atoms with Gasteiger partial charge in [0.1, 0.15) is 12.3 Å². The Morgan fingerprint density at radius 1 is 1.12 bits per heavy atom. The van der Waals surface area contributed by atoms with Crippen LogP contribution in [0.1, 0.15) is 62.8 Å². The van der Waals surface area contributed by atoms with E-state index in [0.29, 0.717) is 12.4 Å². The summed E-state index contributed by atoms with van der Waals surface area (Å²) in [4.78, 5) is 11.5. The number of rotatable bonds is 9. The maximum Gasteiger partial charge on any atom is 0.216 e. The fraction of sp³-hybridized carbons (Fsp3) is 0.789. The van der Waals surface area contributed by atoms with Gasteiger partial charge >= 0.3 is 0 Å². The van der Waals surface area contributed by atoms with E-state index >= 15 is 0 Å². The lowest BCUT2D eigenvalue weighted by molar-refractivity contribution is 0.224. The first-order valence-corrected chi connectivity index (χ1v) is 9.86. The van der Waals surface area contributed by atoms with Crippen LogP contribution < -0.4 is 10.6 Å². The Kier molecular flexibility index (Phi) is 8.80. The minimum atomic E-state index is 0.471. The first-order valence-electron chi connectivity index (χ1n) is 9.86. The van der Waals surface area contributed by atoms with Gasteiger partial charge in [-0.25, -0.2) is 9.98 Å². The molecule has 2 N–H and O–H groups in total. The largest absolute Gasteiger partial charge is 0.444 e. The second-order valence-electron chi connectivity index (χ2n) is 6.83. The van der Waals surface area contributed by atoms with E-state index in [1.54, 1.807) is 0 Å². The van der Waals surface area contributed by atoms with Crippen molar-refractivity contribution in [2.75, 3.05) is 32.7 Å². The van der Waals surface area contributed by atoms with E-state index in [2.05, 4.69) is 32.4 Å². The molecule has 2 heterocycles. The Hall–Kier alpha value is -1.56. The van der Waals surface area contributed by atoms with E-state index in [-0.39, 0.29) is 0 Å². The van der Waals surface area contributed by atoms with E-state index in [1.165, 1.54) is 58.2 Å². The summed E-state index contributed by atoms with van der Waals surface area (Å²) in [5, 5.41) is 6.68. The minimum absolute atomic E-state index is 0.471. The predicted octanol–water partition coefficient (Wildman–Crippen LogP) is 3.00. The van der Waals surface area contributed by atoms with Gasteiger partial charge in [0.15, 0.2) is 5.96 Å². The molecule has 0 radical (unpaired) electrons. The zero-order chi connectivity index (χ0) is 17.9. The van der Waals surface area contributed by atoms with Crippen LogP contribution in [0, 0.1) is 13.8 Å². The number of nitrogens with one attached hydrogen (secondary N) is 2. The quantitative estimate of drug-likeness (QED) is 0.408. The predicted molar refractivity (Wildman–Crippen MR) is 103 cm³/mol. The number of nitrogens with zero attached hydrogens (tertiary/aromatic N) is 3. The monoisotopic (exact) mass is 349 g/mol. The SMILES string of the molecule is CCNC(=NCc1nc(C)c(C)o1)NCCCCCN1CCCCC1. The van der Waals surface area contributed by atoms with Crippen molar-refractivity contribution >= 4 is 5.96 Å². The fourth-order valence-electron chi connectivity index (χ4n) is 3.12. The lowest BCUT2D eigenvalue weighted by Crippen LogP contribution is -2.37. The van der Waals surface area contributed by atoms with Crippen LogP contribution >= 0.6 is 0 Å². The Balaban J connectivity index is 1.62. The molecule has 1 fully saturated rings. The van der Waals surface area contributed by atoms with Crippen molar-refractivity contribution < 1.29 is 4.42 Å². The molecular formula is C19H35N5O. The van der Waals surface area contributed by atoms with Gasteiger partial charge in [-0.05, 0) is 66.1 Å². The molecule has 1 saturated heterocycles. The summed E-state index contributed by atoms with van der Waals surface area (Å²) in [6.45, 7) is 12.1. The maximum atomic E-state index is 5.58. The molecule has 1 aromatic rings. The molecule has 0 aromatic carbocycles. The smallest absolute Gasteiger partial charge is 0.216 e. The summed E-state index contributed by atoms with van der Waals surface area (Å²) >= 11 is 0. The van der Waals surface area contributed by atoms with E-state index in [4.69, 9.17) is 4.42 Å². The van der Waals surface area contributed by atoms with Gasteiger partial charge in [-0.1, -0.05) is 12.8 Å². The lowest BCUT2D eigenvalue weighted by atomic mass is 10.1. The third-order valence-corrected chi connectivity index (χ3v) is 4.68. The minimum Gasteiger partial charge on any atom is -0.444 e. The number of piperidine rings is 1. The lowest BCUT2D eigenvalue weighted by Gasteiger charge is -2.26. The van der Waals surface area contributed by atoms with Crippen LogP contribution in [-0.2, 0) is 6.54 Å². The van der Waals surface area contributed by atoms with Crippen LogP contribution in [0.2, 0.25) is 0 Å². The van der Waals surface area contributed by atoms with Gasteiger partial charge in [-0.3, -0.25) is 0 Å². The van der Waals surface area contributed by atoms with Gasteiger partial charge < -0.3 is 20.0 Å². The van der Waals surface area contributed by atoms with E-state index < -0.39 is 0 Å². The molecule has 1 aliphatic rings. The number of aromatic nitrogens is 1. The number of likely N-dealkylation sites (tertiary alicyclic amines) is 1. The zero-order valence-electron chi connectivity index (χ0n) is 16.2. The molecule has 6 heteroatoms. The van der Waals surface area contributed by atoms with Gasteiger partial charge in [0.25, 0.3) is 0 Å². The number of hydrogen-bond acceptors (Lipinski definition) is 4. The molecule has 1 aliphatic heterocycles. The van der Waals surface area contributed by atoms with E-state index in [0.717, 1.165) is 30.5 Å². The molecule has 0 saturated carbocycles. The molecule has 142 valence electrons. The third kappa shape index (κ3) is 7.46. The topological polar surface area (TPSA) is 65.7 Å². The van der Waals surface area contributed by atoms with Crippen LogP contribution in [0.25, 0.3) is 0 Å². The molecule has 0 amide bonds. The highest BCUT2D eigenvalue weighted by atomic mass is 16.4. The summed E-state index contributed by atoms with van der Waals surface area (Å²) in [5.74, 6) is 2.39. The molecule has 0 spiro atoms.